The van der Waals surface area contributed by atoms with Gasteiger partial charge in [0.1, 0.15) is 18.1 Å². The van der Waals surface area contributed by atoms with Crippen LogP contribution in [0.4, 0.5) is 0 Å². The zero-order valence-corrected chi connectivity index (χ0v) is 16.1. The van der Waals surface area contributed by atoms with Crippen molar-refractivity contribution in [1.29, 1.82) is 0 Å². The lowest BCUT2D eigenvalue weighted by Crippen LogP contribution is -2.57. The van der Waals surface area contributed by atoms with Crippen LogP contribution in [0.1, 0.15) is 19.0 Å². The van der Waals surface area contributed by atoms with Crippen LogP contribution < -0.4 is 27.4 Å². The Hall–Kier alpha value is -3.52. The van der Waals surface area contributed by atoms with Crippen LogP contribution in [0.5, 0.6) is 0 Å². The molecular formula is C16H25N7O7. The van der Waals surface area contributed by atoms with Gasteiger partial charge in [-0.15, -0.1) is 0 Å². The van der Waals surface area contributed by atoms with Gasteiger partial charge in [-0.25, -0.2) is 9.78 Å². The summed E-state index contributed by atoms with van der Waals surface area (Å²) in [5.74, 6) is -4.72. The van der Waals surface area contributed by atoms with Gasteiger partial charge in [0.15, 0.2) is 0 Å². The molecule has 0 aliphatic heterocycles. The van der Waals surface area contributed by atoms with Crippen LogP contribution in [0.2, 0.25) is 0 Å². The fraction of sp³-hybridized carbons (Fsp3) is 0.500. The highest BCUT2D eigenvalue weighted by atomic mass is 16.4. The van der Waals surface area contributed by atoms with Gasteiger partial charge in [-0.3, -0.25) is 19.2 Å². The van der Waals surface area contributed by atoms with E-state index in [1.165, 1.54) is 19.4 Å². The molecule has 1 heterocycles. The largest absolute Gasteiger partial charge is 0.480 e. The molecule has 0 saturated heterocycles. The molecule has 0 spiro atoms. The van der Waals surface area contributed by atoms with E-state index >= 15 is 0 Å². The number of carbonyl (C=O) groups is 5. The van der Waals surface area contributed by atoms with Crippen molar-refractivity contribution >= 4 is 29.6 Å². The molecule has 0 radical (unpaired) electrons. The van der Waals surface area contributed by atoms with Crippen molar-refractivity contribution in [3.63, 3.8) is 0 Å². The summed E-state index contributed by atoms with van der Waals surface area (Å²) in [6.45, 7) is 0.463. The summed E-state index contributed by atoms with van der Waals surface area (Å²) in [6, 6.07) is -5.24. The Labute approximate surface area is 170 Å². The Morgan fingerprint density at radius 3 is 2.23 bits per heavy atom. The zero-order valence-electron chi connectivity index (χ0n) is 16.1. The lowest BCUT2D eigenvalue weighted by molar-refractivity contribution is -0.142. The number of aliphatic carboxylic acids is 1. The van der Waals surface area contributed by atoms with Gasteiger partial charge >= 0.3 is 5.97 Å². The van der Waals surface area contributed by atoms with Crippen molar-refractivity contribution in [2.75, 3.05) is 6.61 Å². The van der Waals surface area contributed by atoms with E-state index in [1.807, 2.05) is 0 Å². The minimum Gasteiger partial charge on any atom is -0.480 e. The fourth-order valence-corrected chi connectivity index (χ4v) is 2.27. The third-order valence-corrected chi connectivity index (χ3v) is 3.92. The second kappa shape index (κ2) is 11.5. The van der Waals surface area contributed by atoms with Gasteiger partial charge in [0.25, 0.3) is 0 Å². The lowest BCUT2D eigenvalue weighted by atomic mass is 10.1. The van der Waals surface area contributed by atoms with Gasteiger partial charge in [-0.2, -0.15) is 0 Å². The Morgan fingerprint density at radius 1 is 1.10 bits per heavy atom. The number of hydrogen-bond acceptors (Lipinski definition) is 8. The van der Waals surface area contributed by atoms with E-state index in [9.17, 15) is 34.2 Å². The zero-order chi connectivity index (χ0) is 22.8. The van der Waals surface area contributed by atoms with E-state index in [0.717, 1.165) is 0 Å². The predicted octanol–water partition coefficient (Wildman–Crippen LogP) is -4.29. The summed E-state index contributed by atoms with van der Waals surface area (Å²) >= 11 is 0. The molecule has 14 heteroatoms. The number of nitrogens with one attached hydrogen (secondary N) is 4. The molecule has 1 aromatic heterocycles. The normalized spacial score (nSPS) is 14.6. The Kier molecular flexibility index (Phi) is 9.38. The smallest absolute Gasteiger partial charge is 0.326 e. The molecule has 1 aromatic rings. The van der Waals surface area contributed by atoms with Gasteiger partial charge in [0.05, 0.1) is 25.4 Å². The maximum Gasteiger partial charge on any atom is 0.326 e. The number of aliphatic hydroxyl groups is 1. The van der Waals surface area contributed by atoms with Crippen molar-refractivity contribution in [2.24, 2.45) is 11.5 Å². The predicted molar refractivity (Wildman–Crippen MR) is 100 cm³/mol. The number of imidazole rings is 1. The minimum absolute atomic E-state index is 0.0998. The number of carboxylic acid groups (broad SMARTS) is 1. The third-order valence-electron chi connectivity index (χ3n) is 3.92. The molecule has 0 aliphatic carbocycles. The minimum atomic E-state index is -1.47. The number of primary amides is 1. The quantitative estimate of drug-likeness (QED) is 0.161. The summed E-state index contributed by atoms with van der Waals surface area (Å²) in [7, 11) is 0. The molecule has 1 rings (SSSR count). The molecule has 0 aromatic carbocycles. The first-order valence-corrected chi connectivity index (χ1v) is 8.81. The monoisotopic (exact) mass is 427 g/mol. The molecule has 0 aliphatic rings. The average molecular weight is 427 g/mol. The Bertz CT molecular complexity index is 768. The number of H-pyrrole nitrogens is 1. The summed E-state index contributed by atoms with van der Waals surface area (Å²) in [4.78, 5) is 64.9. The van der Waals surface area contributed by atoms with Gasteiger partial charge in [0.2, 0.25) is 23.6 Å². The molecule has 14 nitrogen and oxygen atoms in total. The van der Waals surface area contributed by atoms with E-state index < -0.39 is 66.8 Å². The number of rotatable bonds is 12. The second-order valence-corrected chi connectivity index (χ2v) is 6.43. The Morgan fingerprint density at radius 2 is 1.73 bits per heavy atom. The number of aromatic amines is 1. The van der Waals surface area contributed by atoms with Gasteiger partial charge < -0.3 is 42.6 Å². The maximum absolute atomic E-state index is 12.3. The third kappa shape index (κ3) is 7.84. The summed E-state index contributed by atoms with van der Waals surface area (Å²) < 4.78 is 0. The first-order chi connectivity index (χ1) is 14.0. The van der Waals surface area contributed by atoms with Crippen LogP contribution in [-0.4, -0.2) is 80.6 Å². The number of aliphatic hydroxyl groups excluding tert-OH is 1. The highest BCUT2D eigenvalue weighted by Crippen LogP contribution is 2.00. The molecule has 0 saturated carbocycles. The van der Waals surface area contributed by atoms with E-state index in [4.69, 9.17) is 11.5 Å². The molecule has 0 fully saturated rings. The van der Waals surface area contributed by atoms with Crippen molar-refractivity contribution in [3.05, 3.63) is 18.2 Å². The molecule has 10 N–H and O–H groups in total. The number of aromatic nitrogens is 2. The van der Waals surface area contributed by atoms with Crippen molar-refractivity contribution < 1.29 is 34.2 Å². The number of carboxylic acids is 1. The number of nitrogens with two attached hydrogens (primary N) is 2. The van der Waals surface area contributed by atoms with E-state index in [0.29, 0.717) is 5.69 Å². The number of hydrogen-bond donors (Lipinski definition) is 8. The van der Waals surface area contributed by atoms with Crippen LogP contribution in [-0.2, 0) is 30.4 Å². The van der Waals surface area contributed by atoms with E-state index in [1.54, 1.807) is 0 Å². The molecule has 4 amide bonds. The van der Waals surface area contributed by atoms with Crippen LogP contribution in [0.3, 0.4) is 0 Å². The lowest BCUT2D eigenvalue weighted by Gasteiger charge is -2.22. The first kappa shape index (κ1) is 24.5. The van der Waals surface area contributed by atoms with Gasteiger partial charge in [-0.05, 0) is 6.92 Å². The van der Waals surface area contributed by atoms with Crippen LogP contribution in [0.25, 0.3) is 0 Å². The number of amides is 4. The standard InChI is InChI=1S/C16H25N7O7/c1-7(21-14(27)9(17)3-12(18)25)13(26)23-11(5-24)15(28)22-10(16(29)30)2-8-4-19-6-20-8/h4,6-7,9-11,24H,2-3,5,17H2,1H3,(H2,18,25)(H,19,20)(H,21,27)(H,22,28)(H,23,26)(H,29,30). The molecule has 166 valence electrons. The SMILES string of the molecule is CC(NC(=O)C(N)CC(N)=O)C(=O)NC(CO)C(=O)NC(Cc1cnc[nH]1)C(=O)O. The molecule has 4 unspecified atom stereocenters. The van der Waals surface area contributed by atoms with Crippen LogP contribution in [0, 0.1) is 0 Å². The number of carbonyl (C=O) groups excluding carboxylic acids is 4. The van der Waals surface area contributed by atoms with Crippen molar-refractivity contribution in [1.82, 2.24) is 25.9 Å². The van der Waals surface area contributed by atoms with Crippen molar-refractivity contribution in [2.45, 2.75) is 43.9 Å². The van der Waals surface area contributed by atoms with E-state index in [-0.39, 0.29) is 6.42 Å². The van der Waals surface area contributed by atoms with Gasteiger partial charge in [-0.1, -0.05) is 0 Å². The van der Waals surface area contributed by atoms with Crippen molar-refractivity contribution in [3.8, 4) is 0 Å². The topological polar surface area (TPSA) is 243 Å². The van der Waals surface area contributed by atoms with Crippen LogP contribution >= 0.6 is 0 Å². The summed E-state index contributed by atoms with van der Waals surface area (Å²) in [5.41, 5.74) is 10.9. The molecule has 30 heavy (non-hydrogen) atoms. The van der Waals surface area contributed by atoms with Gasteiger partial charge in [0, 0.05) is 18.3 Å². The second-order valence-electron chi connectivity index (χ2n) is 6.43. The van der Waals surface area contributed by atoms with E-state index in [2.05, 4.69) is 25.9 Å². The Balaban J connectivity index is 2.66. The molecule has 4 atom stereocenters. The maximum atomic E-state index is 12.3. The first-order valence-electron chi connectivity index (χ1n) is 8.81. The molecular weight excluding hydrogens is 402 g/mol. The number of nitrogens with zero attached hydrogens (tertiary/aromatic N) is 1. The summed E-state index contributed by atoms with van der Waals surface area (Å²) in [5, 5.41) is 25.3. The van der Waals surface area contributed by atoms with Crippen LogP contribution in [0.15, 0.2) is 12.5 Å². The fourth-order valence-electron chi connectivity index (χ4n) is 2.27. The highest BCUT2D eigenvalue weighted by molar-refractivity contribution is 5.94. The average Bonchev–Trinajstić information content (AvgIpc) is 3.17. The molecule has 0 bridgehead atoms. The summed E-state index contributed by atoms with van der Waals surface area (Å²) in [6.07, 6.45) is 2.21. The highest BCUT2D eigenvalue weighted by Gasteiger charge is 2.29.